The number of aryl methyl sites for hydroxylation is 4. The molecular weight excluding hydrogens is 459 g/mol. The van der Waals surface area contributed by atoms with Crippen LogP contribution in [0, 0.1) is 0 Å². The summed E-state index contributed by atoms with van der Waals surface area (Å²) in [4.78, 5) is 0. The van der Waals surface area contributed by atoms with E-state index in [9.17, 15) is 0 Å². The quantitative estimate of drug-likeness (QED) is 0.282. The second-order valence-corrected chi connectivity index (χ2v) is 9.63. The Labute approximate surface area is 204 Å². The molecule has 0 heterocycles. The molecule has 0 unspecified atom stereocenters. The van der Waals surface area contributed by atoms with Gasteiger partial charge in [-0.15, -0.1) is 11.4 Å². The van der Waals surface area contributed by atoms with Crippen molar-refractivity contribution in [3.05, 3.63) is 93.6 Å². The van der Waals surface area contributed by atoms with Crippen LogP contribution in [-0.4, -0.2) is 0 Å². The molecule has 31 heavy (non-hydrogen) atoms. The van der Waals surface area contributed by atoms with Gasteiger partial charge >= 0.3 is 35.6 Å². The second-order valence-electron chi connectivity index (χ2n) is 7.05. The van der Waals surface area contributed by atoms with Gasteiger partial charge in [-0.3, -0.25) is 0 Å². The van der Waals surface area contributed by atoms with E-state index in [1.165, 1.54) is 22.3 Å². The molecule has 0 atom stereocenters. The van der Waals surface area contributed by atoms with E-state index in [0.29, 0.717) is 0 Å². The zero-order valence-corrected chi connectivity index (χ0v) is 21.8. The van der Waals surface area contributed by atoms with E-state index in [4.69, 9.17) is 29.2 Å². The standard InChI is InChI=1S/C26H30N2.2ClH.Ti/c1-5-19-13-11-14-20(6-2)25(19)27-23-17-9-10-18-24(23)28-26-21(7-3)15-12-16-22(26)8-4;;;/h9-18H,5-8H2,1-4H3;2*1H;/q-2;;;+2/p-2. The van der Waals surface area contributed by atoms with E-state index in [0.717, 1.165) is 48.4 Å². The number of halogens is 2. The summed E-state index contributed by atoms with van der Waals surface area (Å²) in [5.74, 6) is 0. The maximum absolute atomic E-state index is 5.10. The predicted molar refractivity (Wildman–Crippen MR) is 134 cm³/mol. The second kappa shape index (κ2) is 13.9. The van der Waals surface area contributed by atoms with Gasteiger partial charge in [-0.05, 0) is 25.7 Å². The van der Waals surface area contributed by atoms with Crippen LogP contribution >= 0.6 is 18.6 Å². The summed E-state index contributed by atoms with van der Waals surface area (Å²) in [6.45, 7) is 8.76. The molecule has 0 aliphatic heterocycles. The molecule has 3 aromatic rings. The average molecular weight is 489 g/mol. The van der Waals surface area contributed by atoms with Crippen LogP contribution in [0.2, 0.25) is 0 Å². The van der Waals surface area contributed by atoms with E-state index in [2.05, 4.69) is 76.2 Å². The number of hydrogen-bond acceptors (Lipinski definition) is 0. The summed E-state index contributed by atoms with van der Waals surface area (Å²) in [7, 11) is 9.78. The Bertz CT molecular complexity index is 839. The molecule has 0 spiro atoms. The minimum atomic E-state index is -0.556. The molecule has 0 N–H and O–H groups in total. The summed E-state index contributed by atoms with van der Waals surface area (Å²) in [6, 6.07) is 21.2. The minimum absolute atomic E-state index is 0.556. The molecule has 0 amide bonds. The summed E-state index contributed by atoms with van der Waals surface area (Å²) in [5.41, 5.74) is 9.24. The fourth-order valence-corrected chi connectivity index (χ4v) is 3.61. The van der Waals surface area contributed by atoms with Gasteiger partial charge in [0.2, 0.25) is 0 Å². The van der Waals surface area contributed by atoms with Crippen molar-refractivity contribution in [2.45, 2.75) is 53.4 Å². The SMILES string of the molecule is CCc1cccc(CC)c1[N-]c1ccccc1[N-]c1c(CC)cccc1CC.[Cl][Ti][Cl]. The molecule has 164 valence electrons. The van der Waals surface area contributed by atoms with Crippen molar-refractivity contribution in [2.75, 3.05) is 0 Å². The summed E-state index contributed by atoms with van der Waals surface area (Å²) < 4.78 is 0. The maximum atomic E-state index is 5.10. The number of nitrogens with zero attached hydrogens (tertiary/aromatic N) is 2. The predicted octanol–water partition coefficient (Wildman–Crippen LogP) is 9.99. The molecule has 3 aromatic carbocycles. The van der Waals surface area contributed by atoms with Crippen molar-refractivity contribution >= 4 is 41.4 Å². The van der Waals surface area contributed by atoms with Crippen molar-refractivity contribution in [1.82, 2.24) is 0 Å². The first-order valence-electron chi connectivity index (χ1n) is 10.8. The van der Waals surface area contributed by atoms with Crippen LogP contribution in [0.15, 0.2) is 60.7 Å². The van der Waals surface area contributed by atoms with Crippen LogP contribution in [0.5, 0.6) is 0 Å². The molecule has 0 bridgehead atoms. The molecule has 0 saturated heterocycles. The van der Waals surface area contributed by atoms with Crippen LogP contribution in [0.1, 0.15) is 49.9 Å². The van der Waals surface area contributed by atoms with Gasteiger partial charge in [0.15, 0.2) is 0 Å². The molecule has 0 aromatic heterocycles. The Balaban J connectivity index is 0.00000107. The zero-order chi connectivity index (χ0) is 22.6. The summed E-state index contributed by atoms with van der Waals surface area (Å²) in [5, 5.41) is 10.2. The van der Waals surface area contributed by atoms with Crippen molar-refractivity contribution in [3.63, 3.8) is 0 Å². The first-order chi connectivity index (χ1) is 15.1. The Morgan fingerprint density at radius 2 is 0.839 bits per heavy atom. The Kier molecular flexibility index (Phi) is 11.5. The number of para-hydroxylation sites is 4. The third-order valence-corrected chi connectivity index (χ3v) is 5.28. The topological polar surface area (TPSA) is 28.2 Å². The molecule has 0 fully saturated rings. The van der Waals surface area contributed by atoms with Gasteiger partial charge in [-0.2, -0.15) is 11.4 Å². The van der Waals surface area contributed by atoms with Gasteiger partial charge in [0.25, 0.3) is 0 Å². The number of benzene rings is 3. The average Bonchev–Trinajstić information content (AvgIpc) is 2.81. The monoisotopic (exact) mass is 488 g/mol. The molecule has 2 nitrogen and oxygen atoms in total. The number of rotatable bonds is 8. The number of hydrogen-bond donors (Lipinski definition) is 0. The third-order valence-electron chi connectivity index (χ3n) is 5.28. The van der Waals surface area contributed by atoms with E-state index in [1.54, 1.807) is 0 Å². The van der Waals surface area contributed by atoms with Gasteiger partial charge in [0, 0.05) is 0 Å². The Morgan fingerprint density at radius 1 is 0.548 bits per heavy atom. The van der Waals surface area contributed by atoms with Crippen molar-refractivity contribution < 1.29 is 17.0 Å². The normalized spacial score (nSPS) is 10.1. The fourth-order valence-electron chi connectivity index (χ4n) is 3.61. The van der Waals surface area contributed by atoms with Gasteiger partial charge in [-0.1, -0.05) is 111 Å². The molecular formula is C26H30Cl2N2Ti-2. The van der Waals surface area contributed by atoms with Crippen LogP contribution in [0.4, 0.5) is 22.7 Å². The van der Waals surface area contributed by atoms with Crippen LogP contribution in [-0.2, 0) is 42.7 Å². The van der Waals surface area contributed by atoms with Gasteiger partial charge in [0.1, 0.15) is 0 Å². The van der Waals surface area contributed by atoms with Crippen molar-refractivity contribution in [3.8, 4) is 0 Å². The Morgan fingerprint density at radius 3 is 1.10 bits per heavy atom. The van der Waals surface area contributed by atoms with E-state index in [1.807, 2.05) is 12.1 Å². The first-order valence-corrected chi connectivity index (χ1v) is 15.1. The zero-order valence-electron chi connectivity index (χ0n) is 18.8. The van der Waals surface area contributed by atoms with E-state index >= 15 is 0 Å². The molecule has 0 aliphatic carbocycles. The fraction of sp³-hybridized carbons (Fsp3) is 0.308. The van der Waals surface area contributed by atoms with Crippen LogP contribution < -0.4 is 0 Å². The third kappa shape index (κ3) is 7.02. The van der Waals surface area contributed by atoms with Crippen molar-refractivity contribution in [2.24, 2.45) is 0 Å². The van der Waals surface area contributed by atoms with Gasteiger partial charge in [0.05, 0.1) is 0 Å². The van der Waals surface area contributed by atoms with E-state index in [-0.39, 0.29) is 0 Å². The molecule has 0 radical (unpaired) electrons. The van der Waals surface area contributed by atoms with Gasteiger partial charge in [-0.25, -0.2) is 0 Å². The first kappa shape index (κ1) is 25.8. The molecule has 0 saturated carbocycles. The van der Waals surface area contributed by atoms with Crippen LogP contribution in [0.3, 0.4) is 0 Å². The molecule has 0 aliphatic rings. The molecule has 5 heteroatoms. The van der Waals surface area contributed by atoms with Crippen molar-refractivity contribution in [1.29, 1.82) is 0 Å². The van der Waals surface area contributed by atoms with Crippen LogP contribution in [0.25, 0.3) is 10.6 Å². The summed E-state index contributed by atoms with van der Waals surface area (Å²) in [6.07, 6.45) is 3.91. The molecule has 3 rings (SSSR count). The Hall–Kier alpha value is -1.45. The summed E-state index contributed by atoms with van der Waals surface area (Å²) >= 11 is -0.556. The van der Waals surface area contributed by atoms with E-state index < -0.39 is 17.0 Å². The van der Waals surface area contributed by atoms with Gasteiger partial charge < -0.3 is 10.6 Å².